The highest BCUT2D eigenvalue weighted by atomic mass is 19.1. The summed E-state index contributed by atoms with van der Waals surface area (Å²) >= 11 is 0. The van der Waals surface area contributed by atoms with Crippen molar-refractivity contribution in [1.82, 2.24) is 9.97 Å². The fourth-order valence-corrected chi connectivity index (χ4v) is 1.15. The van der Waals surface area contributed by atoms with Crippen LogP contribution in [0.25, 0.3) is 11.4 Å². The quantitative estimate of drug-likeness (QED) is 0.707. The molecular formula is C10H8FN2. The Morgan fingerprint density at radius 3 is 3.00 bits per heavy atom. The van der Waals surface area contributed by atoms with E-state index in [0.717, 1.165) is 5.69 Å². The first-order valence-electron chi connectivity index (χ1n) is 3.95. The molecule has 2 aromatic rings. The molecule has 0 aliphatic rings. The predicted molar refractivity (Wildman–Crippen MR) is 47.6 cm³/mol. The summed E-state index contributed by atoms with van der Waals surface area (Å²) in [6.07, 6.45) is 1.67. The molecule has 0 bridgehead atoms. The second kappa shape index (κ2) is 3.01. The summed E-state index contributed by atoms with van der Waals surface area (Å²) in [6, 6.07) is 7.27. The predicted octanol–water partition coefficient (Wildman–Crippen LogP) is 2.32. The van der Waals surface area contributed by atoms with Crippen molar-refractivity contribution in [2.45, 2.75) is 6.92 Å². The molecule has 2 rings (SSSR count). The zero-order chi connectivity index (χ0) is 9.26. The van der Waals surface area contributed by atoms with Crippen molar-refractivity contribution in [3.8, 4) is 11.4 Å². The van der Waals surface area contributed by atoms with Gasteiger partial charge in [0.15, 0.2) is 0 Å². The first kappa shape index (κ1) is 7.98. The van der Waals surface area contributed by atoms with Crippen molar-refractivity contribution in [2.24, 2.45) is 0 Å². The molecule has 1 N–H and O–H groups in total. The number of hydrogen-bond donors (Lipinski definition) is 1. The number of nitrogens with zero attached hydrogens (tertiary/aromatic N) is 1. The number of hydrogen-bond acceptors (Lipinski definition) is 1. The van der Waals surface area contributed by atoms with Crippen LogP contribution >= 0.6 is 0 Å². The molecule has 0 saturated heterocycles. The van der Waals surface area contributed by atoms with E-state index < -0.39 is 0 Å². The first-order chi connectivity index (χ1) is 6.27. The lowest BCUT2D eigenvalue weighted by Gasteiger charge is -1.96. The van der Waals surface area contributed by atoms with E-state index in [1.54, 1.807) is 18.3 Å². The molecule has 1 aromatic carbocycles. The average Bonchev–Trinajstić information content (AvgIpc) is 2.53. The molecule has 1 aromatic heterocycles. The van der Waals surface area contributed by atoms with Gasteiger partial charge >= 0.3 is 0 Å². The molecule has 2 nitrogen and oxygen atoms in total. The summed E-state index contributed by atoms with van der Waals surface area (Å²) in [5.41, 5.74) is 1.40. The maximum atomic E-state index is 13.2. The maximum Gasteiger partial charge on any atom is 0.140 e. The monoisotopic (exact) mass is 175 g/mol. The van der Waals surface area contributed by atoms with E-state index >= 15 is 0 Å². The van der Waals surface area contributed by atoms with Crippen LogP contribution in [0.4, 0.5) is 4.39 Å². The molecule has 0 fully saturated rings. The molecule has 13 heavy (non-hydrogen) atoms. The minimum Gasteiger partial charge on any atom is -0.342 e. The Bertz CT molecular complexity index is 420. The second-order valence-electron chi connectivity index (χ2n) is 2.82. The molecule has 0 unspecified atom stereocenters. The molecule has 0 spiro atoms. The van der Waals surface area contributed by atoms with E-state index in [4.69, 9.17) is 0 Å². The van der Waals surface area contributed by atoms with Gasteiger partial charge in [-0.1, -0.05) is 6.07 Å². The normalized spacial score (nSPS) is 10.3. The van der Waals surface area contributed by atoms with E-state index in [9.17, 15) is 4.39 Å². The van der Waals surface area contributed by atoms with Crippen molar-refractivity contribution >= 4 is 0 Å². The third-order valence-corrected chi connectivity index (χ3v) is 1.77. The van der Waals surface area contributed by atoms with Crippen molar-refractivity contribution < 1.29 is 4.39 Å². The number of rotatable bonds is 1. The lowest BCUT2D eigenvalue weighted by Crippen LogP contribution is -1.85. The second-order valence-corrected chi connectivity index (χ2v) is 2.82. The van der Waals surface area contributed by atoms with Gasteiger partial charge in [0.25, 0.3) is 0 Å². The van der Waals surface area contributed by atoms with Gasteiger partial charge in [-0.05, 0) is 25.1 Å². The van der Waals surface area contributed by atoms with E-state index in [1.165, 1.54) is 6.07 Å². The summed E-state index contributed by atoms with van der Waals surface area (Å²) in [7, 11) is 0. The van der Waals surface area contributed by atoms with Crippen LogP contribution in [0.1, 0.15) is 5.69 Å². The first-order valence-corrected chi connectivity index (χ1v) is 3.95. The zero-order valence-corrected chi connectivity index (χ0v) is 7.13. The van der Waals surface area contributed by atoms with Crippen LogP contribution in [0.2, 0.25) is 0 Å². The van der Waals surface area contributed by atoms with Crippen molar-refractivity contribution in [3.05, 3.63) is 42.0 Å². The highest BCUT2D eigenvalue weighted by molar-refractivity contribution is 5.55. The van der Waals surface area contributed by atoms with Gasteiger partial charge in [-0.25, -0.2) is 9.37 Å². The SMILES string of the molecule is Cc1cnc(-c2cc[c]cc2F)[nH]1. The van der Waals surface area contributed by atoms with Gasteiger partial charge < -0.3 is 4.98 Å². The van der Waals surface area contributed by atoms with E-state index in [1.807, 2.05) is 6.92 Å². The Morgan fingerprint density at radius 2 is 2.38 bits per heavy atom. The smallest absolute Gasteiger partial charge is 0.140 e. The van der Waals surface area contributed by atoms with Crippen LogP contribution in [0, 0.1) is 18.8 Å². The number of halogens is 1. The Hall–Kier alpha value is -1.64. The van der Waals surface area contributed by atoms with Gasteiger partial charge in [-0.3, -0.25) is 0 Å². The van der Waals surface area contributed by atoms with Crippen LogP contribution in [0.3, 0.4) is 0 Å². The van der Waals surface area contributed by atoms with E-state index in [0.29, 0.717) is 11.4 Å². The molecule has 0 aliphatic heterocycles. The maximum absolute atomic E-state index is 13.2. The largest absolute Gasteiger partial charge is 0.342 e. The molecule has 0 amide bonds. The summed E-state index contributed by atoms with van der Waals surface area (Å²) in [5, 5.41) is 0. The standard InChI is InChI=1S/C10H8FN2/c1-7-6-12-10(13-7)8-4-2-3-5-9(8)11/h2,4-6H,1H3,(H,12,13). The third-order valence-electron chi connectivity index (χ3n) is 1.77. The van der Waals surface area contributed by atoms with Crippen LogP contribution in [0.15, 0.2) is 24.4 Å². The minimum atomic E-state index is -0.308. The van der Waals surface area contributed by atoms with Crippen LogP contribution in [-0.4, -0.2) is 9.97 Å². The van der Waals surface area contributed by atoms with E-state index in [-0.39, 0.29) is 5.82 Å². The number of aromatic nitrogens is 2. The number of H-pyrrole nitrogens is 1. The molecule has 65 valence electrons. The van der Waals surface area contributed by atoms with Crippen LogP contribution in [0.5, 0.6) is 0 Å². The highest BCUT2D eigenvalue weighted by Gasteiger charge is 2.05. The van der Waals surface area contributed by atoms with Crippen LogP contribution < -0.4 is 0 Å². The minimum absolute atomic E-state index is 0.308. The molecule has 3 heteroatoms. The number of benzene rings is 1. The molecule has 0 aliphatic carbocycles. The average molecular weight is 175 g/mol. The molecular weight excluding hydrogens is 167 g/mol. The Morgan fingerprint density at radius 1 is 1.54 bits per heavy atom. The van der Waals surface area contributed by atoms with Crippen molar-refractivity contribution in [1.29, 1.82) is 0 Å². The number of aromatic amines is 1. The Labute approximate surface area is 75.4 Å². The van der Waals surface area contributed by atoms with Gasteiger partial charge in [0.05, 0.1) is 5.56 Å². The van der Waals surface area contributed by atoms with Gasteiger partial charge in [-0.15, -0.1) is 0 Å². The van der Waals surface area contributed by atoms with Crippen molar-refractivity contribution in [3.63, 3.8) is 0 Å². The van der Waals surface area contributed by atoms with E-state index in [2.05, 4.69) is 16.0 Å². The fraction of sp³-hybridized carbons (Fsp3) is 0.100. The molecule has 0 atom stereocenters. The van der Waals surface area contributed by atoms with Gasteiger partial charge in [-0.2, -0.15) is 0 Å². The van der Waals surface area contributed by atoms with Crippen LogP contribution in [-0.2, 0) is 0 Å². The third kappa shape index (κ3) is 1.45. The number of nitrogens with one attached hydrogen (secondary N) is 1. The summed E-state index contributed by atoms with van der Waals surface area (Å²) in [5.74, 6) is 0.251. The Kier molecular flexibility index (Phi) is 1.85. The number of imidazole rings is 1. The van der Waals surface area contributed by atoms with Crippen molar-refractivity contribution in [2.75, 3.05) is 0 Å². The summed E-state index contributed by atoms with van der Waals surface area (Å²) in [4.78, 5) is 7.01. The topological polar surface area (TPSA) is 28.7 Å². The molecule has 1 radical (unpaired) electrons. The Balaban J connectivity index is 2.52. The molecule has 0 saturated carbocycles. The highest BCUT2D eigenvalue weighted by Crippen LogP contribution is 2.18. The fourth-order valence-electron chi connectivity index (χ4n) is 1.15. The van der Waals surface area contributed by atoms with Gasteiger partial charge in [0.1, 0.15) is 11.6 Å². The van der Waals surface area contributed by atoms with Gasteiger partial charge in [0.2, 0.25) is 0 Å². The summed E-state index contributed by atoms with van der Waals surface area (Å²) in [6.45, 7) is 1.88. The van der Waals surface area contributed by atoms with Gasteiger partial charge in [0, 0.05) is 11.9 Å². The lowest BCUT2D eigenvalue weighted by molar-refractivity contribution is 0.630. The summed E-state index contributed by atoms with van der Waals surface area (Å²) < 4.78 is 13.2. The lowest BCUT2D eigenvalue weighted by atomic mass is 10.2. The number of aryl methyl sites for hydroxylation is 1. The molecule has 1 heterocycles. The zero-order valence-electron chi connectivity index (χ0n) is 7.13.